The molecule has 0 saturated heterocycles. The molecule has 0 saturated carbocycles. The first-order valence-electron chi connectivity index (χ1n) is 6.22. The summed E-state index contributed by atoms with van der Waals surface area (Å²) in [6.07, 6.45) is 0. The zero-order valence-corrected chi connectivity index (χ0v) is 13.1. The van der Waals surface area contributed by atoms with Crippen LogP contribution in [0.15, 0.2) is 0 Å². The second-order valence-electron chi connectivity index (χ2n) is 4.80. The number of rotatable bonds is 8. The molecule has 0 atom stereocenters. The normalized spacial score (nSPS) is 11.4. The van der Waals surface area contributed by atoms with Crippen LogP contribution in [0, 0.1) is 0 Å². The number of carbonyl (C=O) groups excluding carboxylic acids is 1. The number of aromatic nitrogens is 1. The Bertz CT molecular complexity index is 448. The van der Waals surface area contributed by atoms with Crippen molar-refractivity contribution in [1.82, 2.24) is 10.3 Å². The van der Waals surface area contributed by atoms with Gasteiger partial charge in [-0.2, -0.15) is 0 Å². The number of nitrogen functional groups attached to an aromatic ring is 1. The molecule has 8 heteroatoms. The summed E-state index contributed by atoms with van der Waals surface area (Å²) in [5.74, 6) is -0.0208. The van der Waals surface area contributed by atoms with Crippen molar-refractivity contribution in [1.29, 1.82) is 0 Å². The number of nitrogens with one attached hydrogen (secondary N) is 2. The van der Waals surface area contributed by atoms with Crippen LogP contribution in [0.1, 0.15) is 23.5 Å². The third-order valence-corrected chi connectivity index (χ3v) is 3.70. The van der Waals surface area contributed by atoms with Gasteiger partial charge >= 0.3 is 0 Å². The molecule has 0 aromatic carbocycles. The van der Waals surface area contributed by atoms with Crippen molar-refractivity contribution >= 4 is 28.2 Å². The molecule has 20 heavy (non-hydrogen) atoms. The Morgan fingerprint density at radius 3 is 2.75 bits per heavy atom. The predicted octanol–water partition coefficient (Wildman–Crippen LogP) is 0.938. The van der Waals surface area contributed by atoms with E-state index in [0.717, 1.165) is 0 Å². The van der Waals surface area contributed by atoms with Crippen LogP contribution in [0.2, 0.25) is 0 Å². The minimum atomic E-state index is -0.422. The zero-order valence-electron chi connectivity index (χ0n) is 12.3. The molecule has 0 radical (unpaired) electrons. The molecule has 0 aliphatic carbocycles. The number of ether oxygens (including phenoxy) is 2. The number of hydrogen-bond donors (Lipinski definition) is 3. The van der Waals surface area contributed by atoms with E-state index in [0.29, 0.717) is 29.7 Å². The minimum Gasteiger partial charge on any atom is -0.383 e. The van der Waals surface area contributed by atoms with Crippen molar-refractivity contribution in [3.63, 3.8) is 0 Å². The number of methoxy groups -OCH3 is 2. The van der Waals surface area contributed by atoms with E-state index in [4.69, 9.17) is 15.2 Å². The van der Waals surface area contributed by atoms with E-state index < -0.39 is 5.60 Å². The summed E-state index contributed by atoms with van der Waals surface area (Å²) in [6, 6.07) is 0. The Balaban J connectivity index is 2.60. The number of hydrogen-bond acceptors (Lipinski definition) is 7. The largest absolute Gasteiger partial charge is 0.383 e. The number of amides is 1. The molecular weight excluding hydrogens is 280 g/mol. The molecule has 1 aromatic heterocycles. The lowest BCUT2D eigenvalue weighted by Crippen LogP contribution is -2.39. The maximum Gasteiger partial charge on any atom is 0.265 e. The maximum absolute atomic E-state index is 12.0. The summed E-state index contributed by atoms with van der Waals surface area (Å²) < 4.78 is 10.2. The average Bonchev–Trinajstić information content (AvgIpc) is 2.78. The summed E-state index contributed by atoms with van der Waals surface area (Å²) in [5, 5.41) is 6.44. The lowest BCUT2D eigenvalue weighted by molar-refractivity contribution is 0.0229. The molecule has 0 aliphatic heterocycles. The number of nitrogens with two attached hydrogens (primary N) is 1. The Kier molecular flexibility index (Phi) is 6.18. The van der Waals surface area contributed by atoms with Gasteiger partial charge in [0, 0.05) is 27.3 Å². The van der Waals surface area contributed by atoms with Crippen LogP contribution in [0.5, 0.6) is 0 Å². The van der Waals surface area contributed by atoms with Crippen LogP contribution in [0.4, 0.5) is 10.9 Å². The maximum atomic E-state index is 12.0. The van der Waals surface area contributed by atoms with Gasteiger partial charge in [-0.05, 0) is 13.8 Å². The molecule has 7 nitrogen and oxygen atoms in total. The van der Waals surface area contributed by atoms with Crippen molar-refractivity contribution < 1.29 is 14.3 Å². The third-order valence-electron chi connectivity index (χ3n) is 2.67. The van der Waals surface area contributed by atoms with Crippen LogP contribution < -0.4 is 16.4 Å². The first-order valence-corrected chi connectivity index (χ1v) is 7.03. The second-order valence-corrected chi connectivity index (χ2v) is 5.80. The van der Waals surface area contributed by atoms with Gasteiger partial charge in [0.05, 0.1) is 12.2 Å². The van der Waals surface area contributed by atoms with Crippen molar-refractivity contribution in [3.05, 3.63) is 4.88 Å². The smallest absolute Gasteiger partial charge is 0.265 e. The van der Waals surface area contributed by atoms with E-state index in [2.05, 4.69) is 15.6 Å². The molecule has 1 heterocycles. The highest BCUT2D eigenvalue weighted by Crippen LogP contribution is 2.24. The molecule has 1 aromatic rings. The summed E-state index contributed by atoms with van der Waals surface area (Å²) in [6.45, 7) is 5.35. The van der Waals surface area contributed by atoms with Gasteiger partial charge in [0.2, 0.25) is 0 Å². The van der Waals surface area contributed by atoms with E-state index in [9.17, 15) is 4.79 Å². The van der Waals surface area contributed by atoms with Crippen molar-refractivity contribution in [2.75, 3.05) is 45.0 Å². The van der Waals surface area contributed by atoms with E-state index in [1.54, 1.807) is 14.2 Å². The Labute approximate surface area is 122 Å². The summed E-state index contributed by atoms with van der Waals surface area (Å²) >= 11 is 1.22. The van der Waals surface area contributed by atoms with Crippen LogP contribution in [0.3, 0.4) is 0 Å². The number of carbonyl (C=O) groups is 1. The fraction of sp³-hybridized carbons (Fsp3) is 0.667. The van der Waals surface area contributed by atoms with Crippen molar-refractivity contribution in [2.24, 2.45) is 0 Å². The predicted molar refractivity (Wildman–Crippen MR) is 80.3 cm³/mol. The van der Waals surface area contributed by atoms with Gasteiger partial charge < -0.3 is 25.8 Å². The Morgan fingerprint density at radius 2 is 2.15 bits per heavy atom. The van der Waals surface area contributed by atoms with Gasteiger partial charge in [-0.25, -0.2) is 4.98 Å². The zero-order chi connectivity index (χ0) is 15.2. The lowest BCUT2D eigenvalue weighted by Gasteiger charge is -2.22. The van der Waals surface area contributed by atoms with Gasteiger partial charge in [-0.3, -0.25) is 4.79 Å². The van der Waals surface area contributed by atoms with Gasteiger partial charge in [0.25, 0.3) is 5.91 Å². The molecule has 0 bridgehead atoms. The monoisotopic (exact) mass is 302 g/mol. The van der Waals surface area contributed by atoms with E-state index in [1.807, 2.05) is 13.8 Å². The highest BCUT2D eigenvalue weighted by atomic mass is 32.1. The van der Waals surface area contributed by atoms with Gasteiger partial charge in [0.15, 0.2) is 5.13 Å². The second kappa shape index (κ2) is 7.41. The number of anilines is 2. The molecule has 0 spiro atoms. The topological polar surface area (TPSA) is 98.5 Å². The quantitative estimate of drug-likeness (QED) is 0.618. The van der Waals surface area contributed by atoms with E-state index in [-0.39, 0.29) is 11.7 Å². The molecular formula is C12H22N4O3S. The van der Waals surface area contributed by atoms with Gasteiger partial charge in [-0.15, -0.1) is 0 Å². The SMILES string of the molecule is COCCNc1nc(N)c(C(=O)NCC(C)(C)OC)s1. The van der Waals surface area contributed by atoms with Crippen LogP contribution in [0.25, 0.3) is 0 Å². The standard InChI is InChI=1S/C12H22N4O3S/c1-12(2,19-4)7-15-10(17)8-9(13)16-11(20-8)14-5-6-18-3/h5-7,13H2,1-4H3,(H,14,16)(H,15,17). The molecule has 0 aliphatic rings. The third kappa shape index (κ3) is 4.95. The van der Waals surface area contributed by atoms with Crippen molar-refractivity contribution in [2.45, 2.75) is 19.4 Å². The highest BCUT2D eigenvalue weighted by Gasteiger charge is 2.21. The number of thiazole rings is 1. The molecule has 1 rings (SSSR count). The lowest BCUT2D eigenvalue weighted by atomic mass is 10.1. The summed E-state index contributed by atoms with van der Waals surface area (Å²) in [4.78, 5) is 16.5. The van der Waals surface area contributed by atoms with E-state index in [1.165, 1.54) is 11.3 Å². The minimum absolute atomic E-state index is 0.225. The van der Waals surface area contributed by atoms with Gasteiger partial charge in [0.1, 0.15) is 10.7 Å². The first-order chi connectivity index (χ1) is 9.39. The highest BCUT2D eigenvalue weighted by molar-refractivity contribution is 7.18. The first kappa shape index (κ1) is 16.7. The fourth-order valence-electron chi connectivity index (χ4n) is 1.28. The summed E-state index contributed by atoms with van der Waals surface area (Å²) in [7, 11) is 3.22. The molecule has 1 amide bonds. The van der Waals surface area contributed by atoms with Crippen LogP contribution in [-0.2, 0) is 9.47 Å². The average molecular weight is 302 g/mol. The van der Waals surface area contributed by atoms with Crippen LogP contribution in [-0.4, -0.2) is 50.4 Å². The van der Waals surface area contributed by atoms with Crippen molar-refractivity contribution in [3.8, 4) is 0 Å². The number of nitrogens with zero attached hydrogens (tertiary/aromatic N) is 1. The molecule has 0 fully saturated rings. The summed E-state index contributed by atoms with van der Waals surface area (Å²) in [5.41, 5.74) is 5.33. The van der Waals surface area contributed by atoms with Gasteiger partial charge in [-0.1, -0.05) is 11.3 Å². The van der Waals surface area contributed by atoms with E-state index >= 15 is 0 Å². The molecule has 4 N–H and O–H groups in total. The fourth-order valence-corrected chi connectivity index (χ4v) is 2.10. The molecule has 114 valence electrons. The Hall–Kier alpha value is -1.38. The Morgan fingerprint density at radius 1 is 1.45 bits per heavy atom. The molecule has 0 unspecified atom stereocenters. The van der Waals surface area contributed by atoms with Crippen LogP contribution >= 0.6 is 11.3 Å².